The molecule has 0 unspecified atom stereocenters. The summed E-state index contributed by atoms with van der Waals surface area (Å²) in [6.45, 7) is 1.96. The quantitative estimate of drug-likeness (QED) is 0.835. The highest BCUT2D eigenvalue weighted by atomic mass is 32.2. The first-order valence-corrected chi connectivity index (χ1v) is 8.48. The van der Waals surface area contributed by atoms with Crippen LogP contribution in [0.25, 0.3) is 0 Å². The van der Waals surface area contributed by atoms with Gasteiger partial charge in [-0.25, -0.2) is 8.42 Å². The Labute approximate surface area is 121 Å². The van der Waals surface area contributed by atoms with Crippen LogP contribution >= 0.6 is 0 Å². The van der Waals surface area contributed by atoms with Crippen molar-refractivity contribution in [2.45, 2.75) is 26.2 Å². The summed E-state index contributed by atoms with van der Waals surface area (Å²) in [6, 6.07) is 7.63. The Hall–Kier alpha value is -1.40. The average molecular weight is 298 g/mol. The van der Waals surface area contributed by atoms with Gasteiger partial charge in [-0.15, -0.1) is 0 Å². The van der Waals surface area contributed by atoms with E-state index in [1.807, 2.05) is 24.3 Å². The number of hydrogen-bond donors (Lipinski definition) is 1. The summed E-state index contributed by atoms with van der Waals surface area (Å²) in [5, 5.41) is 2.68. The molecule has 112 valence electrons. The van der Waals surface area contributed by atoms with E-state index in [4.69, 9.17) is 0 Å². The molecule has 1 N–H and O–H groups in total. The zero-order valence-electron chi connectivity index (χ0n) is 12.2. The van der Waals surface area contributed by atoms with Crippen LogP contribution in [-0.2, 0) is 21.2 Å². The van der Waals surface area contributed by atoms with Crippen molar-refractivity contribution in [2.24, 2.45) is 0 Å². The summed E-state index contributed by atoms with van der Waals surface area (Å²) < 4.78 is 23.4. The molecule has 0 radical (unpaired) electrons. The number of carbonyl (C=O) groups is 1. The van der Waals surface area contributed by atoms with Crippen molar-refractivity contribution in [3.05, 3.63) is 29.8 Å². The first-order chi connectivity index (χ1) is 9.32. The lowest BCUT2D eigenvalue weighted by Crippen LogP contribution is -2.34. The molecular weight excluding hydrogens is 276 g/mol. The summed E-state index contributed by atoms with van der Waals surface area (Å²) in [7, 11) is -1.96. The third-order valence-corrected chi connectivity index (χ3v) is 4.25. The predicted octanol–water partition coefficient (Wildman–Crippen LogP) is 1.86. The van der Waals surface area contributed by atoms with Crippen molar-refractivity contribution in [3.63, 3.8) is 0 Å². The first kappa shape index (κ1) is 16.7. The molecule has 0 aliphatic rings. The molecule has 1 aromatic carbocycles. The Morgan fingerprint density at radius 2 is 1.85 bits per heavy atom. The van der Waals surface area contributed by atoms with Crippen LogP contribution in [0.2, 0.25) is 0 Å². The van der Waals surface area contributed by atoms with Crippen LogP contribution in [0.1, 0.15) is 25.3 Å². The third kappa shape index (κ3) is 5.71. The van der Waals surface area contributed by atoms with Gasteiger partial charge in [0, 0.05) is 12.7 Å². The number of nitrogens with one attached hydrogen (secondary N) is 1. The van der Waals surface area contributed by atoms with Crippen molar-refractivity contribution >= 4 is 21.6 Å². The molecule has 0 bridgehead atoms. The summed E-state index contributed by atoms with van der Waals surface area (Å²) >= 11 is 0. The molecule has 5 nitrogen and oxygen atoms in total. The van der Waals surface area contributed by atoms with Crippen LogP contribution in [0.15, 0.2) is 24.3 Å². The van der Waals surface area contributed by atoms with Crippen molar-refractivity contribution in [1.29, 1.82) is 0 Å². The Balaban J connectivity index is 2.54. The number of sulfonamides is 1. The third-order valence-electron chi connectivity index (χ3n) is 2.99. The Kier molecular flexibility index (Phi) is 6.16. The molecule has 0 aromatic heterocycles. The molecule has 0 spiro atoms. The van der Waals surface area contributed by atoms with E-state index in [9.17, 15) is 13.2 Å². The molecule has 1 aromatic rings. The second kappa shape index (κ2) is 7.40. The summed E-state index contributed by atoms with van der Waals surface area (Å²) in [5.41, 5.74) is 1.91. The lowest BCUT2D eigenvalue weighted by atomic mass is 10.1. The van der Waals surface area contributed by atoms with Crippen LogP contribution in [0, 0.1) is 0 Å². The van der Waals surface area contributed by atoms with Crippen molar-refractivity contribution in [3.8, 4) is 0 Å². The second-order valence-corrected chi connectivity index (χ2v) is 6.96. The van der Waals surface area contributed by atoms with Gasteiger partial charge >= 0.3 is 0 Å². The summed E-state index contributed by atoms with van der Waals surface area (Å²) in [4.78, 5) is 11.7. The topological polar surface area (TPSA) is 66.5 Å². The maximum atomic E-state index is 11.7. The smallest absolute Gasteiger partial charge is 0.239 e. The fraction of sp³-hybridized carbons (Fsp3) is 0.500. The van der Waals surface area contributed by atoms with Gasteiger partial charge in [0.05, 0.1) is 12.8 Å². The maximum absolute atomic E-state index is 11.7. The number of unbranched alkanes of at least 4 members (excludes halogenated alkanes) is 1. The molecule has 0 heterocycles. The SMILES string of the molecule is CCCCc1ccc(NC(=O)CN(C)S(C)(=O)=O)cc1. The van der Waals surface area contributed by atoms with Crippen molar-refractivity contribution < 1.29 is 13.2 Å². The van der Waals surface area contributed by atoms with Gasteiger partial charge in [0.2, 0.25) is 15.9 Å². The molecule has 1 rings (SSSR count). The molecule has 0 aliphatic heterocycles. The maximum Gasteiger partial charge on any atom is 0.239 e. The minimum atomic E-state index is -3.33. The molecular formula is C14H22N2O3S. The van der Waals surface area contributed by atoms with Crippen LogP contribution < -0.4 is 5.32 Å². The predicted molar refractivity (Wildman–Crippen MR) is 81.2 cm³/mol. The molecule has 0 fully saturated rings. The van der Waals surface area contributed by atoms with Crippen molar-refractivity contribution in [2.75, 3.05) is 25.2 Å². The Morgan fingerprint density at radius 3 is 2.35 bits per heavy atom. The van der Waals surface area contributed by atoms with Gasteiger partial charge in [-0.1, -0.05) is 25.5 Å². The molecule has 20 heavy (non-hydrogen) atoms. The highest BCUT2D eigenvalue weighted by molar-refractivity contribution is 7.88. The van der Waals surface area contributed by atoms with Gasteiger partial charge in [-0.3, -0.25) is 4.79 Å². The molecule has 1 amide bonds. The zero-order valence-corrected chi connectivity index (χ0v) is 13.0. The molecule has 0 saturated heterocycles. The first-order valence-electron chi connectivity index (χ1n) is 6.63. The Morgan fingerprint density at radius 1 is 1.25 bits per heavy atom. The lowest BCUT2D eigenvalue weighted by molar-refractivity contribution is -0.116. The standard InChI is InChI=1S/C14H22N2O3S/c1-4-5-6-12-7-9-13(10-8-12)15-14(17)11-16(2)20(3,18)19/h7-10H,4-6,11H2,1-3H3,(H,15,17). The van der Waals surface area contributed by atoms with Crippen molar-refractivity contribution in [1.82, 2.24) is 4.31 Å². The summed E-state index contributed by atoms with van der Waals surface area (Å²) in [5.74, 6) is -0.348. The lowest BCUT2D eigenvalue weighted by Gasteiger charge is -2.13. The average Bonchev–Trinajstić information content (AvgIpc) is 2.36. The van der Waals surface area contributed by atoms with Gasteiger partial charge in [-0.2, -0.15) is 4.31 Å². The van der Waals surface area contributed by atoms with E-state index in [0.717, 1.165) is 29.8 Å². The number of likely N-dealkylation sites (N-methyl/N-ethyl adjacent to an activating group) is 1. The van der Waals surface area contributed by atoms with Gasteiger partial charge in [0.25, 0.3) is 0 Å². The van der Waals surface area contributed by atoms with Crippen LogP contribution in [0.3, 0.4) is 0 Å². The molecule has 0 aliphatic carbocycles. The minimum Gasteiger partial charge on any atom is -0.325 e. The van der Waals surface area contributed by atoms with Crippen LogP contribution in [0.5, 0.6) is 0 Å². The number of rotatable bonds is 7. The van der Waals surface area contributed by atoms with Gasteiger partial charge < -0.3 is 5.32 Å². The molecule has 0 saturated carbocycles. The number of nitrogens with zero attached hydrogens (tertiary/aromatic N) is 1. The van der Waals surface area contributed by atoms with E-state index in [0.29, 0.717) is 5.69 Å². The fourth-order valence-corrected chi connectivity index (χ4v) is 2.01. The van der Waals surface area contributed by atoms with Gasteiger partial charge in [0.1, 0.15) is 0 Å². The van der Waals surface area contributed by atoms with Gasteiger partial charge in [0.15, 0.2) is 0 Å². The van der Waals surface area contributed by atoms with E-state index < -0.39 is 10.0 Å². The second-order valence-electron chi connectivity index (χ2n) is 4.87. The van der Waals surface area contributed by atoms with E-state index in [1.54, 1.807) is 0 Å². The number of anilines is 1. The normalized spacial score (nSPS) is 11.6. The number of benzene rings is 1. The number of aryl methyl sites for hydroxylation is 1. The van der Waals surface area contributed by atoms with E-state index >= 15 is 0 Å². The van der Waals surface area contributed by atoms with Crippen LogP contribution in [-0.4, -0.2) is 38.5 Å². The number of hydrogen-bond acceptors (Lipinski definition) is 3. The number of amides is 1. The minimum absolute atomic E-state index is 0.184. The van der Waals surface area contributed by atoms with Gasteiger partial charge in [-0.05, 0) is 30.5 Å². The summed E-state index contributed by atoms with van der Waals surface area (Å²) in [6.07, 6.45) is 4.39. The monoisotopic (exact) mass is 298 g/mol. The highest BCUT2D eigenvalue weighted by Gasteiger charge is 2.14. The fourth-order valence-electron chi connectivity index (χ4n) is 1.66. The largest absolute Gasteiger partial charge is 0.325 e. The highest BCUT2D eigenvalue weighted by Crippen LogP contribution is 2.11. The molecule has 0 atom stereocenters. The number of carbonyl (C=O) groups excluding carboxylic acids is 1. The van der Waals surface area contributed by atoms with E-state index in [1.165, 1.54) is 12.6 Å². The molecule has 6 heteroatoms. The zero-order chi connectivity index (χ0) is 15.2. The van der Waals surface area contributed by atoms with Crippen LogP contribution in [0.4, 0.5) is 5.69 Å². The van der Waals surface area contributed by atoms with E-state index in [2.05, 4.69) is 12.2 Å². The van der Waals surface area contributed by atoms with E-state index in [-0.39, 0.29) is 12.5 Å². The Bertz CT molecular complexity index is 538.